The van der Waals surface area contributed by atoms with Crippen molar-refractivity contribution in [3.63, 3.8) is 0 Å². The molecular formula is C16H20ClN3O2. The van der Waals surface area contributed by atoms with Crippen molar-refractivity contribution >= 4 is 29.1 Å². The van der Waals surface area contributed by atoms with Crippen LogP contribution in [0.3, 0.4) is 0 Å². The van der Waals surface area contributed by atoms with Crippen molar-refractivity contribution < 1.29 is 9.59 Å². The summed E-state index contributed by atoms with van der Waals surface area (Å²) < 4.78 is 0. The molecular weight excluding hydrogens is 302 g/mol. The van der Waals surface area contributed by atoms with Crippen molar-refractivity contribution in [1.29, 1.82) is 0 Å². The van der Waals surface area contributed by atoms with Crippen LogP contribution in [0.15, 0.2) is 24.3 Å². The van der Waals surface area contributed by atoms with Crippen LogP contribution in [0.1, 0.15) is 19.3 Å². The lowest BCUT2D eigenvalue weighted by Gasteiger charge is -2.23. The number of piperidine rings is 1. The number of nitrogens with one attached hydrogen (secondary N) is 2. The van der Waals surface area contributed by atoms with E-state index in [1.165, 1.54) is 0 Å². The molecule has 2 heterocycles. The Hall–Kier alpha value is -1.59. The van der Waals surface area contributed by atoms with E-state index in [-0.39, 0.29) is 17.7 Å². The summed E-state index contributed by atoms with van der Waals surface area (Å²) in [5.41, 5.74) is 0.713. The minimum atomic E-state index is -0.439. The number of hydrogen-bond acceptors (Lipinski definition) is 3. The maximum absolute atomic E-state index is 12.5. The number of carbonyl (C=O) groups excluding carboxylic acids is 2. The molecule has 2 N–H and O–H groups in total. The standard InChI is InChI=1S/C16H20ClN3O2/c17-12-5-1-2-6-14(12)20-9-7-13(16(20)22)19-15(21)11-4-3-8-18-10-11/h1-2,5-6,11,13,18H,3-4,7-10H2,(H,19,21). The van der Waals surface area contributed by atoms with Gasteiger partial charge in [-0.15, -0.1) is 0 Å². The average molecular weight is 322 g/mol. The van der Waals surface area contributed by atoms with Gasteiger partial charge in [-0.3, -0.25) is 9.59 Å². The second kappa shape index (κ2) is 6.67. The van der Waals surface area contributed by atoms with E-state index in [0.29, 0.717) is 30.2 Å². The minimum Gasteiger partial charge on any atom is -0.344 e. The molecule has 118 valence electrons. The SMILES string of the molecule is O=C(NC1CCN(c2ccccc2Cl)C1=O)C1CCCNC1. The molecule has 2 atom stereocenters. The molecule has 5 nitrogen and oxygen atoms in total. The van der Waals surface area contributed by atoms with E-state index in [1.807, 2.05) is 18.2 Å². The van der Waals surface area contributed by atoms with Gasteiger partial charge in [0, 0.05) is 13.1 Å². The van der Waals surface area contributed by atoms with E-state index < -0.39 is 6.04 Å². The molecule has 2 saturated heterocycles. The van der Waals surface area contributed by atoms with Crippen LogP contribution in [-0.4, -0.2) is 37.5 Å². The Kier molecular flexibility index (Phi) is 4.64. The third kappa shape index (κ3) is 3.10. The smallest absolute Gasteiger partial charge is 0.249 e. The summed E-state index contributed by atoms with van der Waals surface area (Å²) in [5, 5.41) is 6.68. The van der Waals surface area contributed by atoms with Gasteiger partial charge in [-0.05, 0) is 37.9 Å². The zero-order chi connectivity index (χ0) is 15.5. The number of hydrogen-bond donors (Lipinski definition) is 2. The highest BCUT2D eigenvalue weighted by Gasteiger charge is 2.35. The Morgan fingerprint density at radius 1 is 1.32 bits per heavy atom. The first-order chi connectivity index (χ1) is 10.7. The molecule has 0 aliphatic carbocycles. The molecule has 0 spiro atoms. The molecule has 6 heteroatoms. The van der Waals surface area contributed by atoms with Crippen LogP contribution >= 0.6 is 11.6 Å². The van der Waals surface area contributed by atoms with Crippen LogP contribution in [-0.2, 0) is 9.59 Å². The van der Waals surface area contributed by atoms with Crippen LogP contribution in [0.2, 0.25) is 5.02 Å². The van der Waals surface area contributed by atoms with Gasteiger partial charge < -0.3 is 15.5 Å². The molecule has 0 radical (unpaired) electrons. The predicted octanol–water partition coefficient (Wildman–Crippen LogP) is 1.56. The van der Waals surface area contributed by atoms with Crippen LogP contribution in [0.4, 0.5) is 5.69 Å². The summed E-state index contributed by atoms with van der Waals surface area (Å²) in [6, 6.07) is 6.85. The first-order valence-corrected chi connectivity index (χ1v) is 8.11. The Balaban J connectivity index is 1.64. The van der Waals surface area contributed by atoms with Crippen molar-refractivity contribution in [3.05, 3.63) is 29.3 Å². The zero-order valence-electron chi connectivity index (χ0n) is 12.3. The Morgan fingerprint density at radius 3 is 2.86 bits per heavy atom. The van der Waals surface area contributed by atoms with Crippen molar-refractivity contribution in [2.75, 3.05) is 24.5 Å². The molecule has 0 bridgehead atoms. The Labute approximate surface area is 135 Å². The van der Waals surface area contributed by atoms with E-state index >= 15 is 0 Å². The van der Waals surface area contributed by atoms with Gasteiger partial charge in [0.2, 0.25) is 11.8 Å². The topological polar surface area (TPSA) is 61.4 Å². The van der Waals surface area contributed by atoms with Crippen molar-refractivity contribution in [3.8, 4) is 0 Å². The summed E-state index contributed by atoms with van der Waals surface area (Å²) in [5.74, 6) is -0.132. The average Bonchev–Trinajstić information content (AvgIpc) is 2.90. The third-order valence-corrected chi connectivity index (χ3v) is 4.65. The Bertz CT molecular complexity index is 572. The lowest BCUT2D eigenvalue weighted by Crippen LogP contribution is -2.47. The van der Waals surface area contributed by atoms with Crippen molar-refractivity contribution in [1.82, 2.24) is 10.6 Å². The van der Waals surface area contributed by atoms with Gasteiger partial charge in [0.25, 0.3) is 0 Å². The normalized spacial score (nSPS) is 25.3. The fourth-order valence-electron chi connectivity index (χ4n) is 3.09. The first-order valence-electron chi connectivity index (χ1n) is 7.74. The van der Waals surface area contributed by atoms with Gasteiger partial charge >= 0.3 is 0 Å². The van der Waals surface area contributed by atoms with Crippen LogP contribution in [0, 0.1) is 5.92 Å². The molecule has 0 aromatic heterocycles. The second-order valence-electron chi connectivity index (χ2n) is 5.83. The summed E-state index contributed by atoms with van der Waals surface area (Å²) in [7, 11) is 0. The summed E-state index contributed by atoms with van der Waals surface area (Å²) in [4.78, 5) is 26.4. The number of nitrogens with zero attached hydrogens (tertiary/aromatic N) is 1. The molecule has 0 saturated carbocycles. The van der Waals surface area contributed by atoms with E-state index in [9.17, 15) is 9.59 Å². The highest BCUT2D eigenvalue weighted by molar-refractivity contribution is 6.34. The highest BCUT2D eigenvalue weighted by Crippen LogP contribution is 2.29. The Morgan fingerprint density at radius 2 is 2.14 bits per heavy atom. The zero-order valence-corrected chi connectivity index (χ0v) is 13.1. The van der Waals surface area contributed by atoms with E-state index in [0.717, 1.165) is 19.4 Å². The van der Waals surface area contributed by atoms with E-state index in [2.05, 4.69) is 10.6 Å². The van der Waals surface area contributed by atoms with Gasteiger partial charge in [-0.1, -0.05) is 23.7 Å². The lowest BCUT2D eigenvalue weighted by atomic mass is 9.98. The van der Waals surface area contributed by atoms with Crippen LogP contribution in [0.5, 0.6) is 0 Å². The van der Waals surface area contributed by atoms with Gasteiger partial charge in [0.05, 0.1) is 16.6 Å². The molecule has 2 aliphatic heterocycles. The number of para-hydroxylation sites is 1. The fraction of sp³-hybridized carbons (Fsp3) is 0.500. The summed E-state index contributed by atoms with van der Waals surface area (Å²) in [6.45, 7) is 2.24. The molecule has 2 unspecified atom stereocenters. The number of benzene rings is 1. The number of rotatable bonds is 3. The quantitative estimate of drug-likeness (QED) is 0.888. The maximum atomic E-state index is 12.5. The van der Waals surface area contributed by atoms with Crippen LogP contribution < -0.4 is 15.5 Å². The molecule has 1 aromatic carbocycles. The molecule has 1 aromatic rings. The summed E-state index contributed by atoms with van der Waals surface area (Å²) in [6.07, 6.45) is 2.51. The number of halogens is 1. The molecule has 2 aliphatic rings. The van der Waals surface area contributed by atoms with Gasteiger partial charge in [0.15, 0.2) is 0 Å². The monoisotopic (exact) mass is 321 g/mol. The first kappa shape index (κ1) is 15.3. The minimum absolute atomic E-state index is 0.0217. The molecule has 3 rings (SSSR count). The molecule has 2 fully saturated rings. The van der Waals surface area contributed by atoms with Crippen molar-refractivity contribution in [2.45, 2.75) is 25.3 Å². The number of amides is 2. The number of carbonyl (C=O) groups is 2. The second-order valence-corrected chi connectivity index (χ2v) is 6.24. The highest BCUT2D eigenvalue weighted by atomic mass is 35.5. The maximum Gasteiger partial charge on any atom is 0.249 e. The molecule has 22 heavy (non-hydrogen) atoms. The van der Waals surface area contributed by atoms with Gasteiger partial charge in [-0.25, -0.2) is 0 Å². The largest absolute Gasteiger partial charge is 0.344 e. The van der Waals surface area contributed by atoms with E-state index in [4.69, 9.17) is 11.6 Å². The third-order valence-electron chi connectivity index (χ3n) is 4.33. The van der Waals surface area contributed by atoms with Crippen molar-refractivity contribution in [2.24, 2.45) is 5.92 Å². The van der Waals surface area contributed by atoms with E-state index in [1.54, 1.807) is 11.0 Å². The van der Waals surface area contributed by atoms with Crippen LogP contribution in [0.25, 0.3) is 0 Å². The predicted molar refractivity (Wildman–Crippen MR) is 85.9 cm³/mol. The number of anilines is 1. The van der Waals surface area contributed by atoms with Gasteiger partial charge in [0.1, 0.15) is 6.04 Å². The molecule has 2 amide bonds. The summed E-state index contributed by atoms with van der Waals surface area (Å²) >= 11 is 6.16. The lowest BCUT2D eigenvalue weighted by molar-refractivity contribution is -0.129. The van der Waals surface area contributed by atoms with Gasteiger partial charge in [-0.2, -0.15) is 0 Å². The fourth-order valence-corrected chi connectivity index (χ4v) is 3.33.